The summed E-state index contributed by atoms with van der Waals surface area (Å²) < 4.78 is 8.76. The van der Waals surface area contributed by atoms with Gasteiger partial charge in [-0.05, 0) is 43.5 Å². The molecule has 0 unspecified atom stereocenters. The fraction of sp³-hybridized carbons (Fsp3) is 0.316. The van der Waals surface area contributed by atoms with Gasteiger partial charge in [0.25, 0.3) is 0 Å². The first kappa shape index (κ1) is 15.3. The molecule has 1 aliphatic rings. The van der Waals surface area contributed by atoms with Crippen LogP contribution in [0.25, 0.3) is 15.9 Å². The number of nitrogens with zero attached hydrogens (tertiary/aromatic N) is 2. The second-order valence-electron chi connectivity index (χ2n) is 5.92. The van der Waals surface area contributed by atoms with Gasteiger partial charge in [0.1, 0.15) is 0 Å². The molecule has 0 saturated heterocycles. The van der Waals surface area contributed by atoms with E-state index in [1.54, 1.807) is 0 Å². The molecule has 1 amide bonds. The van der Waals surface area contributed by atoms with E-state index in [1.807, 2.05) is 29.2 Å². The minimum absolute atomic E-state index is 0.192. The molecule has 0 saturated carbocycles. The zero-order valence-electron chi connectivity index (χ0n) is 13.7. The number of hydrogen-bond acceptors (Lipinski definition) is 3. The molecule has 2 aromatic heterocycles. The fourth-order valence-corrected chi connectivity index (χ4v) is 4.60. The summed E-state index contributed by atoms with van der Waals surface area (Å²) in [6.45, 7) is 3.74. The van der Waals surface area contributed by atoms with E-state index in [9.17, 15) is 4.79 Å². The third kappa shape index (κ3) is 2.59. The molecule has 124 valence electrons. The van der Waals surface area contributed by atoms with E-state index in [0.29, 0.717) is 6.61 Å². The molecule has 0 aliphatic carbocycles. The van der Waals surface area contributed by atoms with Gasteiger partial charge in [0.05, 0.1) is 16.8 Å². The number of hydrogen-bond donors (Lipinski definition) is 0. The number of para-hydroxylation sites is 1. The van der Waals surface area contributed by atoms with Crippen molar-refractivity contribution in [3.8, 4) is 5.69 Å². The Bertz CT molecular complexity index is 866. The van der Waals surface area contributed by atoms with Crippen molar-refractivity contribution in [2.24, 2.45) is 0 Å². The number of thiophene rings is 1. The molecule has 5 heteroatoms. The molecule has 4 rings (SSSR count). The molecule has 0 atom stereocenters. The lowest BCUT2D eigenvalue weighted by Crippen LogP contribution is -2.33. The van der Waals surface area contributed by atoms with Crippen molar-refractivity contribution in [2.75, 3.05) is 19.7 Å². The molecule has 4 nitrogen and oxygen atoms in total. The normalized spacial score (nSPS) is 14.5. The van der Waals surface area contributed by atoms with Crippen molar-refractivity contribution in [3.63, 3.8) is 0 Å². The average molecular weight is 340 g/mol. The fourth-order valence-electron chi connectivity index (χ4n) is 3.37. The van der Waals surface area contributed by atoms with Crippen LogP contribution >= 0.6 is 11.3 Å². The van der Waals surface area contributed by atoms with Gasteiger partial charge < -0.3 is 14.2 Å². The van der Waals surface area contributed by atoms with Gasteiger partial charge in [0.15, 0.2) is 0 Å². The van der Waals surface area contributed by atoms with E-state index in [-0.39, 0.29) is 6.09 Å². The van der Waals surface area contributed by atoms with E-state index < -0.39 is 0 Å². The van der Waals surface area contributed by atoms with Crippen LogP contribution < -0.4 is 0 Å². The van der Waals surface area contributed by atoms with E-state index in [2.05, 4.69) is 41.1 Å². The molecule has 1 aromatic carbocycles. The summed E-state index contributed by atoms with van der Waals surface area (Å²) in [6, 6.07) is 12.6. The number of aromatic nitrogens is 1. The Hall–Kier alpha value is -2.27. The zero-order chi connectivity index (χ0) is 16.5. The molecule has 3 heterocycles. The summed E-state index contributed by atoms with van der Waals surface area (Å²) >= 11 is 1.86. The van der Waals surface area contributed by atoms with Gasteiger partial charge in [0, 0.05) is 29.9 Å². The molecular formula is C19H20N2O2S. The Morgan fingerprint density at radius 1 is 1.17 bits per heavy atom. The summed E-state index contributed by atoms with van der Waals surface area (Å²) in [5, 5.41) is 0. The summed E-state index contributed by atoms with van der Waals surface area (Å²) in [5.41, 5.74) is 3.86. The maximum Gasteiger partial charge on any atom is 0.409 e. The van der Waals surface area contributed by atoms with Crippen molar-refractivity contribution in [1.82, 2.24) is 9.47 Å². The van der Waals surface area contributed by atoms with Crippen LogP contribution in [0.15, 0.2) is 42.6 Å². The molecular weight excluding hydrogens is 320 g/mol. The molecule has 0 spiro atoms. The lowest BCUT2D eigenvalue weighted by atomic mass is 10.1. The van der Waals surface area contributed by atoms with Crippen molar-refractivity contribution >= 4 is 27.6 Å². The first-order valence-corrected chi connectivity index (χ1v) is 9.18. The first-order valence-electron chi connectivity index (χ1n) is 8.36. The summed E-state index contributed by atoms with van der Waals surface area (Å²) in [6.07, 6.45) is 3.74. The number of fused-ring (bicyclic) bond motifs is 3. The van der Waals surface area contributed by atoms with Gasteiger partial charge >= 0.3 is 6.09 Å². The van der Waals surface area contributed by atoms with Crippen LogP contribution in [0.2, 0.25) is 0 Å². The highest BCUT2D eigenvalue weighted by molar-refractivity contribution is 7.19. The topological polar surface area (TPSA) is 34.5 Å². The highest BCUT2D eigenvalue weighted by atomic mass is 32.1. The number of carbonyl (C=O) groups excluding carboxylic acids is 1. The first-order chi connectivity index (χ1) is 11.8. The van der Waals surface area contributed by atoms with Crippen molar-refractivity contribution in [2.45, 2.75) is 19.8 Å². The lowest BCUT2D eigenvalue weighted by Gasteiger charge is -2.19. The standard InChI is InChI=1S/C19H20N2O2S/c1-2-23-19(22)20-11-8-15-16(9-12-20)24-17-10-13-21(18(15)17)14-6-4-3-5-7-14/h3-7,10,13H,2,8-9,11-12H2,1H3. The second-order valence-corrected chi connectivity index (χ2v) is 7.06. The Morgan fingerprint density at radius 3 is 2.75 bits per heavy atom. The van der Waals surface area contributed by atoms with E-state index in [4.69, 9.17) is 4.74 Å². The minimum atomic E-state index is -0.192. The van der Waals surface area contributed by atoms with Gasteiger partial charge in [-0.2, -0.15) is 0 Å². The van der Waals surface area contributed by atoms with Crippen LogP contribution in [-0.2, 0) is 17.6 Å². The van der Waals surface area contributed by atoms with Crippen molar-refractivity contribution < 1.29 is 9.53 Å². The summed E-state index contributed by atoms with van der Waals surface area (Å²) in [4.78, 5) is 15.3. The van der Waals surface area contributed by atoms with Crippen LogP contribution in [-0.4, -0.2) is 35.3 Å². The van der Waals surface area contributed by atoms with Crippen LogP contribution in [0, 0.1) is 0 Å². The highest BCUT2D eigenvalue weighted by Gasteiger charge is 2.24. The van der Waals surface area contributed by atoms with Crippen LogP contribution in [0.1, 0.15) is 17.4 Å². The maximum atomic E-state index is 12.0. The van der Waals surface area contributed by atoms with Crippen LogP contribution in [0.3, 0.4) is 0 Å². The zero-order valence-corrected chi connectivity index (χ0v) is 14.5. The Kier molecular flexibility index (Phi) is 4.02. The average Bonchev–Trinajstić information content (AvgIpc) is 3.09. The Labute approximate surface area is 145 Å². The highest BCUT2D eigenvalue weighted by Crippen LogP contribution is 2.36. The van der Waals surface area contributed by atoms with E-state index in [0.717, 1.165) is 25.9 Å². The molecule has 24 heavy (non-hydrogen) atoms. The largest absolute Gasteiger partial charge is 0.450 e. The predicted octanol–water partition coefficient (Wildman–Crippen LogP) is 4.25. The minimum Gasteiger partial charge on any atom is -0.450 e. The number of rotatable bonds is 2. The number of carbonyl (C=O) groups is 1. The van der Waals surface area contributed by atoms with Gasteiger partial charge in [-0.1, -0.05) is 18.2 Å². The van der Waals surface area contributed by atoms with Crippen LogP contribution in [0.4, 0.5) is 4.79 Å². The summed E-state index contributed by atoms with van der Waals surface area (Å²) in [5.74, 6) is 0. The molecule has 1 aliphatic heterocycles. The predicted molar refractivity (Wildman–Crippen MR) is 97.2 cm³/mol. The SMILES string of the molecule is CCOC(=O)N1CCc2sc3ccn(-c4ccccc4)c3c2CC1. The Morgan fingerprint density at radius 2 is 1.96 bits per heavy atom. The number of ether oxygens (including phenoxy) is 1. The maximum absolute atomic E-state index is 12.0. The van der Waals surface area contributed by atoms with E-state index >= 15 is 0 Å². The van der Waals surface area contributed by atoms with Gasteiger partial charge in [-0.15, -0.1) is 11.3 Å². The van der Waals surface area contributed by atoms with Crippen molar-refractivity contribution in [1.29, 1.82) is 0 Å². The smallest absolute Gasteiger partial charge is 0.409 e. The van der Waals surface area contributed by atoms with Crippen molar-refractivity contribution in [3.05, 3.63) is 53.0 Å². The summed E-state index contributed by atoms with van der Waals surface area (Å²) in [7, 11) is 0. The third-order valence-corrected chi connectivity index (χ3v) is 5.75. The Balaban J connectivity index is 1.70. The van der Waals surface area contributed by atoms with Crippen LogP contribution in [0.5, 0.6) is 0 Å². The third-order valence-electron chi connectivity index (χ3n) is 4.51. The van der Waals surface area contributed by atoms with Gasteiger partial charge in [-0.25, -0.2) is 4.79 Å². The quantitative estimate of drug-likeness (QED) is 0.699. The molecule has 0 N–H and O–H groups in total. The molecule has 0 fully saturated rings. The molecule has 0 radical (unpaired) electrons. The number of amides is 1. The lowest BCUT2D eigenvalue weighted by molar-refractivity contribution is 0.109. The van der Waals surface area contributed by atoms with E-state index in [1.165, 1.54) is 26.3 Å². The second kappa shape index (κ2) is 6.32. The monoisotopic (exact) mass is 340 g/mol. The molecule has 0 bridgehead atoms. The van der Waals surface area contributed by atoms with Gasteiger partial charge in [0.2, 0.25) is 0 Å². The number of benzene rings is 1. The van der Waals surface area contributed by atoms with Gasteiger partial charge in [-0.3, -0.25) is 0 Å². The molecule has 3 aromatic rings.